The predicted molar refractivity (Wildman–Crippen MR) is 119 cm³/mol. The van der Waals surface area contributed by atoms with Crippen LogP contribution in [0.3, 0.4) is 0 Å². The van der Waals surface area contributed by atoms with Gasteiger partial charge >= 0.3 is 13.5 Å². The van der Waals surface area contributed by atoms with E-state index in [0.717, 1.165) is 0 Å². The van der Waals surface area contributed by atoms with Gasteiger partial charge in [-0.1, -0.05) is 41.5 Å². The predicted octanol–water partition coefficient (Wildman–Crippen LogP) is 5.09. The van der Waals surface area contributed by atoms with Crippen molar-refractivity contribution in [2.45, 2.75) is 85.3 Å². The second kappa shape index (κ2) is 9.71. The van der Waals surface area contributed by atoms with Gasteiger partial charge in [0, 0.05) is 18.2 Å². The molecule has 0 aliphatic heterocycles. The number of nitrogens with one attached hydrogen (secondary N) is 1. The van der Waals surface area contributed by atoms with Crippen LogP contribution in [0.4, 0.5) is 0 Å². The molecule has 30 heavy (non-hydrogen) atoms. The number of rotatable bonds is 8. The van der Waals surface area contributed by atoms with E-state index in [9.17, 15) is 14.5 Å². The van der Waals surface area contributed by atoms with Gasteiger partial charge in [-0.2, -0.15) is 0 Å². The molecule has 2 unspecified atom stereocenters. The lowest BCUT2D eigenvalue weighted by atomic mass is 9.79. The SMILES string of the molecule is COCP(=O)(NC(C)C(=O)OC(C)C)Oc1cc(C(C)(C)C)c(O)c(C(C)(C)C)c1. The van der Waals surface area contributed by atoms with E-state index in [1.165, 1.54) is 7.11 Å². The molecule has 0 heterocycles. The molecule has 0 fully saturated rings. The Morgan fingerprint density at radius 1 is 1.07 bits per heavy atom. The summed E-state index contributed by atoms with van der Waals surface area (Å²) in [6.45, 7) is 16.9. The molecule has 0 aliphatic rings. The Hall–Kier alpha value is -1.56. The van der Waals surface area contributed by atoms with Crippen molar-refractivity contribution < 1.29 is 28.5 Å². The molecule has 2 N–H and O–H groups in total. The highest BCUT2D eigenvalue weighted by Crippen LogP contribution is 2.48. The number of phenolic OH excluding ortho intramolecular Hbond substituents is 1. The summed E-state index contributed by atoms with van der Waals surface area (Å²) in [7, 11) is -2.20. The third-order valence-electron chi connectivity index (χ3n) is 4.35. The number of hydrogen-bond acceptors (Lipinski definition) is 6. The number of benzene rings is 1. The Balaban J connectivity index is 3.37. The molecule has 1 aromatic carbocycles. The standard InChI is InChI=1S/C22H38NO6P/c1-14(2)28-20(25)15(3)23-30(26,13-27-10)29-16-11-17(21(4,5)6)19(24)18(12-16)22(7,8)9/h11-12,14-15,24H,13H2,1-10H3,(H,23,26). The second-order valence-electron chi connectivity index (χ2n) is 9.89. The lowest BCUT2D eigenvalue weighted by Gasteiger charge is -2.29. The molecule has 0 aromatic heterocycles. The summed E-state index contributed by atoms with van der Waals surface area (Å²) in [5.74, 6) is 0.00659. The van der Waals surface area contributed by atoms with Gasteiger partial charge in [-0.15, -0.1) is 0 Å². The van der Waals surface area contributed by atoms with Crippen LogP contribution in [0.15, 0.2) is 12.1 Å². The first-order valence-corrected chi connectivity index (χ1v) is 11.9. The second-order valence-corrected chi connectivity index (χ2v) is 11.9. The highest BCUT2D eigenvalue weighted by Gasteiger charge is 2.33. The Morgan fingerprint density at radius 2 is 1.53 bits per heavy atom. The van der Waals surface area contributed by atoms with E-state index in [4.69, 9.17) is 14.0 Å². The number of hydrogen-bond donors (Lipinski definition) is 2. The molecule has 0 spiro atoms. The molecule has 0 saturated carbocycles. The summed E-state index contributed by atoms with van der Waals surface area (Å²) in [6, 6.07) is 2.52. The van der Waals surface area contributed by atoms with Gasteiger partial charge in [0.05, 0.1) is 6.10 Å². The van der Waals surface area contributed by atoms with Crippen LogP contribution in [0.2, 0.25) is 0 Å². The first kappa shape index (κ1) is 26.5. The van der Waals surface area contributed by atoms with E-state index in [-0.39, 0.29) is 29.0 Å². The minimum absolute atomic E-state index is 0.200. The van der Waals surface area contributed by atoms with Crippen molar-refractivity contribution in [1.82, 2.24) is 5.09 Å². The van der Waals surface area contributed by atoms with E-state index >= 15 is 0 Å². The third-order valence-corrected chi connectivity index (χ3v) is 6.23. The molecule has 0 radical (unpaired) electrons. The molecular weight excluding hydrogens is 405 g/mol. The number of ether oxygens (including phenoxy) is 2. The highest BCUT2D eigenvalue weighted by molar-refractivity contribution is 7.57. The third kappa shape index (κ3) is 7.29. The van der Waals surface area contributed by atoms with E-state index < -0.39 is 19.5 Å². The smallest absolute Gasteiger partial charge is 0.342 e. The zero-order chi connectivity index (χ0) is 23.5. The summed E-state index contributed by atoms with van der Waals surface area (Å²) < 4.78 is 29.6. The van der Waals surface area contributed by atoms with Crippen LogP contribution in [-0.2, 0) is 29.7 Å². The first-order valence-electron chi connectivity index (χ1n) is 10.1. The molecule has 0 bridgehead atoms. The zero-order valence-electron chi connectivity index (χ0n) is 20.0. The average molecular weight is 444 g/mol. The zero-order valence-corrected chi connectivity index (χ0v) is 20.8. The van der Waals surface area contributed by atoms with Crippen molar-refractivity contribution in [3.63, 3.8) is 0 Å². The van der Waals surface area contributed by atoms with Crippen LogP contribution in [0, 0.1) is 0 Å². The fourth-order valence-electron chi connectivity index (χ4n) is 2.92. The molecule has 0 amide bonds. The minimum Gasteiger partial charge on any atom is -0.507 e. The topological polar surface area (TPSA) is 94.1 Å². The molecule has 1 rings (SSSR count). The number of phenols is 1. The van der Waals surface area contributed by atoms with Crippen molar-refractivity contribution in [1.29, 1.82) is 0 Å². The van der Waals surface area contributed by atoms with Crippen LogP contribution < -0.4 is 9.61 Å². The van der Waals surface area contributed by atoms with E-state index in [0.29, 0.717) is 16.9 Å². The first-order chi connectivity index (χ1) is 13.5. The maximum Gasteiger partial charge on any atom is 0.342 e. The lowest BCUT2D eigenvalue weighted by Crippen LogP contribution is -2.36. The monoisotopic (exact) mass is 443 g/mol. The van der Waals surface area contributed by atoms with Gasteiger partial charge in [0.1, 0.15) is 23.9 Å². The number of aromatic hydroxyl groups is 1. The van der Waals surface area contributed by atoms with Crippen LogP contribution >= 0.6 is 7.52 Å². The van der Waals surface area contributed by atoms with Crippen LogP contribution in [0.25, 0.3) is 0 Å². The molecule has 7 nitrogen and oxygen atoms in total. The fraction of sp³-hybridized carbons (Fsp3) is 0.682. The van der Waals surface area contributed by atoms with Crippen molar-refractivity contribution in [2.75, 3.05) is 13.5 Å². The minimum atomic E-state index is -3.61. The number of esters is 1. The maximum absolute atomic E-state index is 13.5. The molecule has 2 atom stereocenters. The molecule has 0 aliphatic carbocycles. The van der Waals surface area contributed by atoms with Crippen molar-refractivity contribution in [3.05, 3.63) is 23.3 Å². The molecular formula is C22H38NO6P. The quantitative estimate of drug-likeness (QED) is 0.427. The molecule has 8 heteroatoms. The summed E-state index contributed by atoms with van der Waals surface area (Å²) in [5.41, 5.74) is 0.634. The summed E-state index contributed by atoms with van der Waals surface area (Å²) in [4.78, 5) is 12.2. The van der Waals surface area contributed by atoms with Gasteiger partial charge < -0.3 is 19.1 Å². The van der Waals surface area contributed by atoms with Gasteiger partial charge in [-0.25, -0.2) is 5.09 Å². The Bertz CT molecular complexity index is 757. The van der Waals surface area contributed by atoms with Gasteiger partial charge in [0.15, 0.2) is 0 Å². The van der Waals surface area contributed by atoms with Crippen LogP contribution in [-0.4, -0.2) is 36.7 Å². The fourth-order valence-corrected chi connectivity index (χ4v) is 4.58. The number of carbonyl (C=O) groups excluding carboxylic acids is 1. The lowest BCUT2D eigenvalue weighted by molar-refractivity contribution is -0.149. The highest BCUT2D eigenvalue weighted by atomic mass is 31.2. The van der Waals surface area contributed by atoms with Crippen LogP contribution in [0.1, 0.15) is 73.4 Å². The Kier molecular flexibility index (Phi) is 8.57. The Labute approximate surface area is 181 Å². The van der Waals surface area contributed by atoms with E-state index in [1.807, 2.05) is 41.5 Å². The Morgan fingerprint density at radius 3 is 1.90 bits per heavy atom. The van der Waals surface area contributed by atoms with Crippen LogP contribution in [0.5, 0.6) is 11.5 Å². The summed E-state index contributed by atoms with van der Waals surface area (Å²) in [5, 5.41) is 13.6. The van der Waals surface area contributed by atoms with E-state index in [1.54, 1.807) is 32.9 Å². The van der Waals surface area contributed by atoms with E-state index in [2.05, 4.69) is 5.09 Å². The summed E-state index contributed by atoms with van der Waals surface area (Å²) >= 11 is 0. The van der Waals surface area contributed by atoms with Gasteiger partial charge in [-0.05, 0) is 43.7 Å². The number of methoxy groups -OCH3 is 1. The normalized spacial score (nSPS) is 15.6. The molecule has 0 saturated heterocycles. The largest absolute Gasteiger partial charge is 0.507 e. The average Bonchev–Trinajstić information content (AvgIpc) is 2.53. The van der Waals surface area contributed by atoms with Gasteiger partial charge in [0.2, 0.25) is 0 Å². The summed E-state index contributed by atoms with van der Waals surface area (Å²) in [6.07, 6.45) is -0.520. The number of carbonyl (C=O) groups is 1. The van der Waals surface area contributed by atoms with Crippen molar-refractivity contribution in [2.24, 2.45) is 0 Å². The van der Waals surface area contributed by atoms with Gasteiger partial charge in [-0.3, -0.25) is 9.36 Å². The van der Waals surface area contributed by atoms with Gasteiger partial charge in [0.25, 0.3) is 0 Å². The molecule has 172 valence electrons. The maximum atomic E-state index is 13.5. The van der Waals surface area contributed by atoms with Crippen molar-refractivity contribution >= 4 is 13.5 Å². The van der Waals surface area contributed by atoms with Crippen molar-refractivity contribution in [3.8, 4) is 11.5 Å². The molecule has 1 aromatic rings.